The van der Waals surface area contributed by atoms with Crippen LogP contribution >= 0.6 is 0 Å². The first-order valence-electron chi connectivity index (χ1n) is 8.30. The van der Waals surface area contributed by atoms with Crippen LogP contribution < -0.4 is 0 Å². The molecule has 0 aromatic heterocycles. The molecule has 6 heteroatoms. The highest BCUT2D eigenvalue weighted by atomic mass is 28.4. The molecule has 2 unspecified atom stereocenters. The molecule has 0 aromatic rings. The van der Waals surface area contributed by atoms with Gasteiger partial charge in [-0.3, -0.25) is 0 Å². The lowest BCUT2D eigenvalue weighted by Gasteiger charge is -2.37. The molecule has 126 valence electrons. The van der Waals surface area contributed by atoms with Crippen LogP contribution in [0.4, 0.5) is 0 Å². The van der Waals surface area contributed by atoms with E-state index in [1.54, 1.807) is 7.11 Å². The summed E-state index contributed by atoms with van der Waals surface area (Å²) >= 11 is 0. The molecule has 2 atom stereocenters. The molecule has 0 amide bonds. The van der Waals surface area contributed by atoms with Crippen LogP contribution in [0.3, 0.4) is 0 Å². The highest BCUT2D eigenvalue weighted by Crippen LogP contribution is 2.20. The molecule has 0 N–H and O–H groups in total. The maximum absolute atomic E-state index is 6.38. The van der Waals surface area contributed by atoms with Gasteiger partial charge in [-0.15, -0.1) is 0 Å². The standard InChI is InChI=1S/C15H35NO3Si2/c1-17-13-14-12-16(9-7-11-21(5,6)19-14)10-8-15(18-2)20(3)4/h14-15,20H,7-13H2,1-6H3. The van der Waals surface area contributed by atoms with Crippen LogP contribution in [-0.4, -0.2) is 74.3 Å². The maximum Gasteiger partial charge on any atom is 0.187 e. The minimum atomic E-state index is -1.50. The van der Waals surface area contributed by atoms with Gasteiger partial charge in [0.25, 0.3) is 0 Å². The topological polar surface area (TPSA) is 30.9 Å². The number of hydrogen-bond acceptors (Lipinski definition) is 4. The van der Waals surface area contributed by atoms with Gasteiger partial charge in [0, 0.05) is 33.0 Å². The van der Waals surface area contributed by atoms with Crippen molar-refractivity contribution in [1.29, 1.82) is 0 Å². The van der Waals surface area contributed by atoms with Gasteiger partial charge in [0.05, 0.1) is 21.5 Å². The van der Waals surface area contributed by atoms with E-state index in [0.29, 0.717) is 12.3 Å². The molecule has 0 spiro atoms. The quantitative estimate of drug-likeness (QED) is 0.669. The lowest BCUT2D eigenvalue weighted by molar-refractivity contribution is 0.0388. The largest absolute Gasteiger partial charge is 0.411 e. The Morgan fingerprint density at radius 1 is 1.33 bits per heavy atom. The van der Waals surface area contributed by atoms with Gasteiger partial charge in [-0.25, -0.2) is 0 Å². The molecule has 0 bridgehead atoms. The Morgan fingerprint density at radius 2 is 2.05 bits per heavy atom. The fourth-order valence-corrected chi connectivity index (χ4v) is 6.70. The van der Waals surface area contributed by atoms with E-state index >= 15 is 0 Å². The molecule has 1 aliphatic heterocycles. The second kappa shape index (κ2) is 9.42. The van der Waals surface area contributed by atoms with Gasteiger partial charge in [0.2, 0.25) is 0 Å². The predicted octanol–water partition coefficient (Wildman–Crippen LogP) is 2.36. The van der Waals surface area contributed by atoms with E-state index in [9.17, 15) is 0 Å². The van der Waals surface area contributed by atoms with Crippen molar-refractivity contribution in [2.75, 3.05) is 40.5 Å². The summed E-state index contributed by atoms with van der Waals surface area (Å²) < 4.78 is 17.4. The summed E-state index contributed by atoms with van der Waals surface area (Å²) in [5.74, 6) is 0. The molecule has 0 aromatic carbocycles. The zero-order valence-corrected chi connectivity index (χ0v) is 17.0. The van der Waals surface area contributed by atoms with Crippen LogP contribution in [0.1, 0.15) is 12.8 Å². The first-order chi connectivity index (χ1) is 9.88. The number of ether oxygens (including phenoxy) is 2. The fraction of sp³-hybridized carbons (Fsp3) is 1.00. The molecule has 1 aliphatic rings. The van der Waals surface area contributed by atoms with E-state index in [0.717, 1.165) is 19.5 Å². The molecule has 1 saturated heterocycles. The van der Waals surface area contributed by atoms with E-state index in [4.69, 9.17) is 13.9 Å². The number of hydrogen-bond donors (Lipinski definition) is 0. The van der Waals surface area contributed by atoms with E-state index in [1.165, 1.54) is 19.0 Å². The Morgan fingerprint density at radius 3 is 2.62 bits per heavy atom. The van der Waals surface area contributed by atoms with Crippen molar-refractivity contribution >= 4 is 17.1 Å². The third kappa shape index (κ3) is 7.39. The van der Waals surface area contributed by atoms with Crippen LogP contribution in [0.15, 0.2) is 0 Å². The lowest BCUT2D eigenvalue weighted by Crippen LogP contribution is -2.47. The Labute approximate surface area is 133 Å². The fourth-order valence-electron chi connectivity index (χ4n) is 3.16. The molecule has 0 radical (unpaired) electrons. The van der Waals surface area contributed by atoms with Crippen molar-refractivity contribution < 1.29 is 13.9 Å². The molecule has 1 rings (SSSR count). The Kier molecular flexibility index (Phi) is 8.67. The van der Waals surface area contributed by atoms with E-state index in [-0.39, 0.29) is 6.10 Å². The average Bonchev–Trinajstić information content (AvgIpc) is 2.36. The van der Waals surface area contributed by atoms with Crippen molar-refractivity contribution in [2.24, 2.45) is 0 Å². The normalized spacial score (nSPS) is 25.6. The first-order valence-corrected chi connectivity index (χ1v) is 14.4. The summed E-state index contributed by atoms with van der Waals surface area (Å²) in [6.45, 7) is 13.4. The number of rotatable bonds is 7. The van der Waals surface area contributed by atoms with E-state index in [2.05, 4.69) is 31.1 Å². The van der Waals surface area contributed by atoms with Crippen molar-refractivity contribution in [3.8, 4) is 0 Å². The zero-order chi connectivity index (χ0) is 15.9. The lowest BCUT2D eigenvalue weighted by atomic mass is 10.3. The minimum Gasteiger partial charge on any atom is -0.411 e. The summed E-state index contributed by atoms with van der Waals surface area (Å²) in [5, 5.41) is 0. The van der Waals surface area contributed by atoms with Crippen LogP contribution in [0.2, 0.25) is 32.2 Å². The summed E-state index contributed by atoms with van der Waals surface area (Å²) in [5.41, 5.74) is 0.489. The minimum absolute atomic E-state index is 0.231. The third-order valence-electron chi connectivity index (χ3n) is 4.33. The molecule has 0 saturated carbocycles. The van der Waals surface area contributed by atoms with Crippen molar-refractivity contribution in [2.45, 2.75) is 56.9 Å². The number of nitrogens with zero attached hydrogens (tertiary/aromatic N) is 1. The molecule has 4 nitrogen and oxygen atoms in total. The summed E-state index contributed by atoms with van der Waals surface area (Å²) in [6, 6.07) is 1.25. The zero-order valence-electron chi connectivity index (χ0n) is 14.9. The second-order valence-electron chi connectivity index (χ2n) is 7.17. The van der Waals surface area contributed by atoms with Gasteiger partial charge in [-0.2, -0.15) is 0 Å². The predicted molar refractivity (Wildman–Crippen MR) is 94.4 cm³/mol. The van der Waals surface area contributed by atoms with E-state index < -0.39 is 17.1 Å². The second-order valence-corrected chi connectivity index (χ2v) is 14.7. The molecule has 1 fully saturated rings. The Bertz CT molecular complexity index is 290. The Hall–Kier alpha value is 0.274. The number of methoxy groups -OCH3 is 2. The Balaban J connectivity index is 2.53. The van der Waals surface area contributed by atoms with Crippen molar-refractivity contribution in [3.05, 3.63) is 0 Å². The third-order valence-corrected chi connectivity index (χ3v) is 8.95. The van der Waals surface area contributed by atoms with Gasteiger partial charge in [0.1, 0.15) is 0 Å². The summed E-state index contributed by atoms with van der Waals surface area (Å²) in [6.07, 6.45) is 2.64. The van der Waals surface area contributed by atoms with Gasteiger partial charge in [-0.05, 0) is 38.5 Å². The SMILES string of the molecule is COCC1CN(CCC(OC)[SiH](C)C)CCC[Si](C)(C)O1. The van der Waals surface area contributed by atoms with E-state index in [1.807, 2.05) is 7.11 Å². The maximum atomic E-state index is 6.38. The van der Waals surface area contributed by atoms with Gasteiger partial charge in [-0.1, -0.05) is 13.1 Å². The van der Waals surface area contributed by atoms with Crippen LogP contribution in [0, 0.1) is 0 Å². The van der Waals surface area contributed by atoms with Crippen molar-refractivity contribution in [1.82, 2.24) is 4.90 Å². The van der Waals surface area contributed by atoms with Crippen LogP contribution in [0.5, 0.6) is 0 Å². The van der Waals surface area contributed by atoms with Gasteiger partial charge < -0.3 is 18.8 Å². The molecule has 21 heavy (non-hydrogen) atoms. The van der Waals surface area contributed by atoms with Crippen LogP contribution in [-0.2, 0) is 13.9 Å². The molecule has 0 aliphatic carbocycles. The molecule has 1 heterocycles. The van der Waals surface area contributed by atoms with Gasteiger partial charge >= 0.3 is 0 Å². The average molecular weight is 334 g/mol. The smallest absolute Gasteiger partial charge is 0.187 e. The molecular weight excluding hydrogens is 298 g/mol. The summed E-state index contributed by atoms with van der Waals surface area (Å²) in [4.78, 5) is 2.55. The van der Waals surface area contributed by atoms with Gasteiger partial charge in [0.15, 0.2) is 8.32 Å². The first kappa shape index (κ1) is 19.3. The monoisotopic (exact) mass is 333 g/mol. The van der Waals surface area contributed by atoms with Crippen molar-refractivity contribution in [3.63, 3.8) is 0 Å². The highest BCUT2D eigenvalue weighted by Gasteiger charge is 2.30. The van der Waals surface area contributed by atoms with Crippen LogP contribution in [0.25, 0.3) is 0 Å². The highest BCUT2D eigenvalue weighted by molar-refractivity contribution is 6.71. The summed E-state index contributed by atoms with van der Waals surface area (Å²) in [7, 11) is 1.40. The molecular formula is C15H35NO3Si2.